The molecule has 2 N–H and O–H groups in total. The Morgan fingerprint density at radius 1 is 1.22 bits per heavy atom. The molecule has 0 atom stereocenters. The zero-order chi connectivity index (χ0) is 12.5. The third-order valence-electron chi connectivity index (χ3n) is 3.62. The molecule has 0 saturated carbocycles. The van der Waals surface area contributed by atoms with E-state index in [9.17, 15) is 4.79 Å². The summed E-state index contributed by atoms with van der Waals surface area (Å²) in [4.78, 5) is 18.6. The van der Waals surface area contributed by atoms with Gasteiger partial charge in [-0.1, -0.05) is 0 Å². The van der Waals surface area contributed by atoms with E-state index in [1.807, 2.05) is 4.57 Å². The molecular weight excluding hydrogens is 232 g/mol. The Morgan fingerprint density at radius 2 is 2.00 bits per heavy atom. The zero-order valence-electron chi connectivity index (χ0n) is 10.4. The predicted octanol–water partition coefficient (Wildman–Crippen LogP) is 0.274. The van der Waals surface area contributed by atoms with Crippen LogP contribution in [0.15, 0.2) is 0 Å². The van der Waals surface area contributed by atoms with Gasteiger partial charge in [-0.25, -0.2) is 4.98 Å². The summed E-state index contributed by atoms with van der Waals surface area (Å²) >= 11 is 0. The Balaban J connectivity index is 1.87. The number of nitrogen functional groups attached to an aromatic ring is 1. The van der Waals surface area contributed by atoms with Crippen molar-refractivity contribution in [2.45, 2.75) is 25.8 Å². The van der Waals surface area contributed by atoms with E-state index < -0.39 is 0 Å². The van der Waals surface area contributed by atoms with E-state index in [4.69, 9.17) is 10.5 Å². The topological polar surface area (TPSA) is 73.4 Å². The van der Waals surface area contributed by atoms with Crippen LogP contribution in [-0.2, 0) is 17.7 Å². The monoisotopic (exact) mass is 250 g/mol. The van der Waals surface area contributed by atoms with E-state index in [2.05, 4.69) is 4.98 Å². The minimum Gasteiger partial charge on any atom is -0.383 e. The van der Waals surface area contributed by atoms with Crippen molar-refractivity contribution in [1.82, 2.24) is 14.5 Å². The van der Waals surface area contributed by atoms with Crippen molar-refractivity contribution < 1.29 is 9.53 Å². The van der Waals surface area contributed by atoms with Crippen molar-refractivity contribution in [2.24, 2.45) is 0 Å². The summed E-state index contributed by atoms with van der Waals surface area (Å²) in [6, 6.07) is 0. The SMILES string of the molecule is Nc1c(C(=O)N2CCOCC2)nc2n1CCCC2. The van der Waals surface area contributed by atoms with Gasteiger partial charge >= 0.3 is 0 Å². The fraction of sp³-hybridized carbons (Fsp3) is 0.667. The number of fused-ring (bicyclic) bond motifs is 1. The van der Waals surface area contributed by atoms with Crippen molar-refractivity contribution in [1.29, 1.82) is 0 Å². The van der Waals surface area contributed by atoms with Gasteiger partial charge in [0, 0.05) is 26.1 Å². The van der Waals surface area contributed by atoms with Crippen molar-refractivity contribution in [2.75, 3.05) is 32.0 Å². The molecular formula is C12H18N4O2. The van der Waals surface area contributed by atoms with Crippen LogP contribution in [0.1, 0.15) is 29.2 Å². The maximum absolute atomic E-state index is 12.4. The van der Waals surface area contributed by atoms with Crippen LogP contribution in [0.25, 0.3) is 0 Å². The Hall–Kier alpha value is -1.56. The van der Waals surface area contributed by atoms with Crippen LogP contribution in [0.5, 0.6) is 0 Å². The molecule has 6 heteroatoms. The van der Waals surface area contributed by atoms with Gasteiger partial charge in [-0.05, 0) is 12.8 Å². The molecule has 1 fully saturated rings. The molecule has 0 spiro atoms. The van der Waals surface area contributed by atoms with Gasteiger partial charge in [0.05, 0.1) is 13.2 Å². The molecule has 1 aromatic heterocycles. The van der Waals surface area contributed by atoms with E-state index in [1.165, 1.54) is 0 Å². The summed E-state index contributed by atoms with van der Waals surface area (Å²) in [5.74, 6) is 1.43. The molecule has 0 aromatic carbocycles. The Kier molecular flexibility index (Phi) is 2.95. The van der Waals surface area contributed by atoms with Crippen LogP contribution in [0.4, 0.5) is 5.82 Å². The van der Waals surface area contributed by atoms with E-state index >= 15 is 0 Å². The number of nitrogens with two attached hydrogens (primary N) is 1. The van der Waals surface area contributed by atoms with Gasteiger partial charge in [0.2, 0.25) is 0 Å². The van der Waals surface area contributed by atoms with Crippen LogP contribution in [-0.4, -0.2) is 46.7 Å². The smallest absolute Gasteiger partial charge is 0.276 e. The molecule has 0 unspecified atom stereocenters. The van der Waals surface area contributed by atoms with Gasteiger partial charge in [-0.3, -0.25) is 4.79 Å². The maximum atomic E-state index is 12.4. The maximum Gasteiger partial charge on any atom is 0.276 e. The summed E-state index contributed by atoms with van der Waals surface area (Å²) in [6.07, 6.45) is 3.15. The van der Waals surface area contributed by atoms with Crippen LogP contribution in [0.2, 0.25) is 0 Å². The fourth-order valence-electron chi connectivity index (χ4n) is 2.58. The second kappa shape index (κ2) is 4.61. The Labute approximate surface area is 106 Å². The number of aryl methyl sites for hydroxylation is 1. The Bertz CT molecular complexity index is 463. The van der Waals surface area contributed by atoms with E-state index in [0.717, 1.165) is 31.6 Å². The molecule has 1 saturated heterocycles. The highest BCUT2D eigenvalue weighted by atomic mass is 16.5. The Morgan fingerprint density at radius 3 is 2.72 bits per heavy atom. The average Bonchev–Trinajstić information content (AvgIpc) is 2.77. The lowest BCUT2D eigenvalue weighted by molar-refractivity contribution is 0.0300. The van der Waals surface area contributed by atoms with E-state index in [0.29, 0.717) is 37.8 Å². The molecule has 0 aliphatic carbocycles. The first-order valence-corrected chi connectivity index (χ1v) is 6.49. The quantitative estimate of drug-likeness (QED) is 0.776. The number of imidazole rings is 1. The zero-order valence-corrected chi connectivity index (χ0v) is 10.4. The molecule has 0 radical (unpaired) electrons. The molecule has 2 aliphatic rings. The molecule has 0 bridgehead atoms. The molecule has 3 heterocycles. The lowest BCUT2D eigenvalue weighted by Gasteiger charge is -2.26. The number of hydrogen-bond acceptors (Lipinski definition) is 4. The number of hydrogen-bond donors (Lipinski definition) is 1. The second-order valence-corrected chi connectivity index (χ2v) is 4.78. The van der Waals surface area contributed by atoms with Crippen LogP contribution in [0.3, 0.4) is 0 Å². The lowest BCUT2D eigenvalue weighted by atomic mass is 10.2. The number of rotatable bonds is 1. The third kappa shape index (κ3) is 1.86. The molecule has 2 aliphatic heterocycles. The second-order valence-electron chi connectivity index (χ2n) is 4.78. The molecule has 18 heavy (non-hydrogen) atoms. The van der Waals surface area contributed by atoms with Crippen LogP contribution >= 0.6 is 0 Å². The van der Waals surface area contributed by atoms with Gasteiger partial charge in [-0.15, -0.1) is 0 Å². The highest BCUT2D eigenvalue weighted by Gasteiger charge is 2.26. The van der Waals surface area contributed by atoms with Crippen molar-refractivity contribution in [3.63, 3.8) is 0 Å². The number of ether oxygens (including phenoxy) is 1. The molecule has 1 amide bonds. The minimum absolute atomic E-state index is 0.0577. The van der Waals surface area contributed by atoms with E-state index in [1.54, 1.807) is 4.90 Å². The highest BCUT2D eigenvalue weighted by Crippen LogP contribution is 2.22. The minimum atomic E-state index is -0.0577. The van der Waals surface area contributed by atoms with Crippen LogP contribution in [0, 0.1) is 0 Å². The molecule has 6 nitrogen and oxygen atoms in total. The molecule has 98 valence electrons. The number of anilines is 1. The van der Waals surface area contributed by atoms with Crippen molar-refractivity contribution >= 4 is 11.7 Å². The third-order valence-corrected chi connectivity index (χ3v) is 3.62. The summed E-state index contributed by atoms with van der Waals surface area (Å²) in [6.45, 7) is 3.32. The highest BCUT2D eigenvalue weighted by molar-refractivity contribution is 5.96. The van der Waals surface area contributed by atoms with E-state index in [-0.39, 0.29) is 5.91 Å². The number of amides is 1. The van der Waals surface area contributed by atoms with Gasteiger partial charge < -0.3 is 19.9 Å². The lowest BCUT2D eigenvalue weighted by Crippen LogP contribution is -2.41. The standard InChI is InChI=1S/C12H18N4O2/c13-11-10(12(17)15-5-7-18-8-6-15)14-9-3-1-2-4-16(9)11/h1-8,13H2. The number of nitrogens with zero attached hydrogens (tertiary/aromatic N) is 3. The molecule has 1 aromatic rings. The van der Waals surface area contributed by atoms with Crippen molar-refractivity contribution in [3.05, 3.63) is 11.5 Å². The molecule has 3 rings (SSSR count). The number of carbonyl (C=O) groups is 1. The first-order chi connectivity index (χ1) is 8.77. The van der Waals surface area contributed by atoms with Crippen molar-refractivity contribution in [3.8, 4) is 0 Å². The van der Waals surface area contributed by atoms with Gasteiger partial charge in [0.15, 0.2) is 5.69 Å². The van der Waals surface area contributed by atoms with Gasteiger partial charge in [-0.2, -0.15) is 0 Å². The number of morpholine rings is 1. The summed E-state index contributed by atoms with van der Waals surface area (Å²) in [7, 11) is 0. The summed E-state index contributed by atoms with van der Waals surface area (Å²) in [5.41, 5.74) is 6.48. The fourth-order valence-corrected chi connectivity index (χ4v) is 2.58. The summed E-state index contributed by atoms with van der Waals surface area (Å²) in [5, 5.41) is 0. The predicted molar refractivity (Wildman–Crippen MR) is 66.3 cm³/mol. The number of carbonyl (C=O) groups excluding carboxylic acids is 1. The largest absolute Gasteiger partial charge is 0.383 e. The van der Waals surface area contributed by atoms with Crippen LogP contribution < -0.4 is 5.73 Å². The summed E-state index contributed by atoms with van der Waals surface area (Å²) < 4.78 is 7.23. The number of aromatic nitrogens is 2. The van der Waals surface area contributed by atoms with Gasteiger partial charge in [0.25, 0.3) is 5.91 Å². The first kappa shape index (κ1) is 11.5. The first-order valence-electron chi connectivity index (χ1n) is 6.49. The van der Waals surface area contributed by atoms with Gasteiger partial charge in [0.1, 0.15) is 11.6 Å². The normalized spacial score (nSPS) is 19.7. The average molecular weight is 250 g/mol.